The SMILES string of the molecule is COCCCN1C(=O)C(=O)C(=C(O)c2ccc(C)cc2)C1c1ccc(Cl)cc1. The van der Waals surface area contributed by atoms with Crippen LogP contribution in [-0.4, -0.2) is 42.0 Å². The maximum absolute atomic E-state index is 12.8. The topological polar surface area (TPSA) is 66.8 Å². The van der Waals surface area contributed by atoms with E-state index in [0.29, 0.717) is 30.2 Å². The molecule has 1 atom stereocenters. The molecule has 1 N–H and O–H groups in total. The maximum atomic E-state index is 12.8. The van der Waals surface area contributed by atoms with Crippen LogP contribution in [0.3, 0.4) is 0 Å². The Bertz CT molecular complexity index is 903. The lowest BCUT2D eigenvalue weighted by molar-refractivity contribution is -0.140. The van der Waals surface area contributed by atoms with Gasteiger partial charge in [-0.25, -0.2) is 0 Å². The number of hydrogen-bond donors (Lipinski definition) is 1. The van der Waals surface area contributed by atoms with Crippen molar-refractivity contribution in [3.63, 3.8) is 0 Å². The Balaban J connectivity index is 2.10. The lowest BCUT2D eigenvalue weighted by Gasteiger charge is -2.25. The van der Waals surface area contributed by atoms with Crippen molar-refractivity contribution in [1.29, 1.82) is 0 Å². The van der Waals surface area contributed by atoms with Crippen molar-refractivity contribution in [2.45, 2.75) is 19.4 Å². The van der Waals surface area contributed by atoms with E-state index in [1.807, 2.05) is 19.1 Å². The molecular weight excluding hydrogens is 378 g/mol. The Hall–Kier alpha value is -2.63. The summed E-state index contributed by atoms with van der Waals surface area (Å²) in [7, 11) is 1.59. The summed E-state index contributed by atoms with van der Waals surface area (Å²) in [4.78, 5) is 27.0. The fourth-order valence-electron chi connectivity index (χ4n) is 3.35. The van der Waals surface area contributed by atoms with E-state index in [1.165, 1.54) is 4.90 Å². The molecule has 0 aromatic heterocycles. The van der Waals surface area contributed by atoms with Crippen LogP contribution in [0.2, 0.25) is 5.02 Å². The second-order valence-electron chi connectivity index (χ2n) is 6.76. The zero-order valence-corrected chi connectivity index (χ0v) is 16.6. The van der Waals surface area contributed by atoms with E-state index in [1.54, 1.807) is 43.5 Å². The maximum Gasteiger partial charge on any atom is 0.295 e. The van der Waals surface area contributed by atoms with E-state index in [2.05, 4.69) is 0 Å². The number of hydrogen-bond acceptors (Lipinski definition) is 4. The van der Waals surface area contributed by atoms with Crippen LogP contribution in [0.25, 0.3) is 5.76 Å². The number of aliphatic hydroxyl groups excluding tert-OH is 1. The number of aryl methyl sites for hydroxylation is 1. The fraction of sp³-hybridized carbons (Fsp3) is 0.273. The molecule has 0 spiro atoms. The first-order chi connectivity index (χ1) is 13.4. The average molecular weight is 400 g/mol. The number of rotatable bonds is 6. The highest BCUT2D eigenvalue weighted by atomic mass is 35.5. The molecule has 6 heteroatoms. The predicted octanol–water partition coefficient (Wildman–Crippen LogP) is 4.11. The summed E-state index contributed by atoms with van der Waals surface area (Å²) < 4.78 is 5.07. The Kier molecular flexibility index (Phi) is 6.17. The van der Waals surface area contributed by atoms with Crippen molar-refractivity contribution < 1.29 is 19.4 Å². The number of nitrogens with zero attached hydrogens (tertiary/aromatic N) is 1. The smallest absolute Gasteiger partial charge is 0.295 e. The lowest BCUT2D eigenvalue weighted by Crippen LogP contribution is -2.31. The number of amides is 1. The van der Waals surface area contributed by atoms with Gasteiger partial charge in [0.05, 0.1) is 11.6 Å². The van der Waals surface area contributed by atoms with E-state index in [-0.39, 0.29) is 11.3 Å². The summed E-state index contributed by atoms with van der Waals surface area (Å²) in [5.41, 5.74) is 2.34. The van der Waals surface area contributed by atoms with Crippen LogP contribution in [-0.2, 0) is 14.3 Å². The Morgan fingerprint density at radius 2 is 1.75 bits per heavy atom. The van der Waals surface area contributed by atoms with Crippen LogP contribution in [0.15, 0.2) is 54.1 Å². The molecule has 1 aliphatic rings. The summed E-state index contributed by atoms with van der Waals surface area (Å²) in [5, 5.41) is 11.5. The number of halogens is 1. The van der Waals surface area contributed by atoms with E-state index in [0.717, 1.165) is 11.1 Å². The number of ketones is 1. The summed E-state index contributed by atoms with van der Waals surface area (Å²) in [6.07, 6.45) is 0.582. The van der Waals surface area contributed by atoms with Gasteiger partial charge in [-0.15, -0.1) is 0 Å². The lowest BCUT2D eigenvalue weighted by atomic mass is 9.95. The third kappa shape index (κ3) is 3.96. The fourth-order valence-corrected chi connectivity index (χ4v) is 3.47. The summed E-state index contributed by atoms with van der Waals surface area (Å²) in [6.45, 7) is 2.75. The molecule has 1 fully saturated rings. The number of Topliss-reactive ketones (excluding diaryl/α,β-unsaturated/α-hetero) is 1. The first-order valence-electron chi connectivity index (χ1n) is 9.04. The molecule has 5 nitrogen and oxygen atoms in total. The standard InChI is InChI=1S/C22H22ClNO4/c1-14-4-6-16(7-5-14)20(25)18-19(15-8-10-17(23)11-9-15)24(12-3-13-28-2)22(27)21(18)26/h4-11,19,25H,3,12-13H2,1-2H3. The molecule has 3 rings (SSSR count). The minimum absolute atomic E-state index is 0.0913. The van der Waals surface area contributed by atoms with Gasteiger partial charge in [-0.2, -0.15) is 0 Å². The van der Waals surface area contributed by atoms with Crippen LogP contribution < -0.4 is 0 Å². The molecule has 0 radical (unpaired) electrons. The van der Waals surface area contributed by atoms with E-state index >= 15 is 0 Å². The monoisotopic (exact) mass is 399 g/mol. The van der Waals surface area contributed by atoms with Crippen LogP contribution in [0.4, 0.5) is 0 Å². The van der Waals surface area contributed by atoms with Crippen molar-refractivity contribution in [3.05, 3.63) is 75.8 Å². The van der Waals surface area contributed by atoms with Crippen LogP contribution in [0.5, 0.6) is 0 Å². The molecule has 2 aromatic carbocycles. The number of ether oxygens (including phenoxy) is 1. The molecule has 1 aliphatic heterocycles. The summed E-state index contributed by atoms with van der Waals surface area (Å²) in [6, 6.07) is 13.5. The van der Waals surface area contributed by atoms with Crippen molar-refractivity contribution in [2.24, 2.45) is 0 Å². The number of benzene rings is 2. The van der Waals surface area contributed by atoms with Gasteiger partial charge in [-0.05, 0) is 31.0 Å². The highest BCUT2D eigenvalue weighted by Crippen LogP contribution is 2.39. The van der Waals surface area contributed by atoms with Crippen molar-refractivity contribution in [3.8, 4) is 0 Å². The summed E-state index contributed by atoms with van der Waals surface area (Å²) >= 11 is 6.00. The molecule has 1 amide bonds. The Morgan fingerprint density at radius 1 is 1.11 bits per heavy atom. The third-order valence-electron chi connectivity index (χ3n) is 4.80. The molecule has 146 valence electrons. The number of methoxy groups -OCH3 is 1. The highest BCUT2D eigenvalue weighted by molar-refractivity contribution is 6.46. The molecule has 0 aliphatic carbocycles. The van der Waals surface area contributed by atoms with E-state index in [4.69, 9.17) is 16.3 Å². The molecule has 1 saturated heterocycles. The number of carbonyl (C=O) groups is 2. The third-order valence-corrected chi connectivity index (χ3v) is 5.05. The van der Waals surface area contributed by atoms with Gasteiger partial charge in [-0.1, -0.05) is 53.6 Å². The molecule has 2 aromatic rings. The normalized spacial score (nSPS) is 18.7. The van der Waals surface area contributed by atoms with Gasteiger partial charge in [0.2, 0.25) is 0 Å². The minimum Gasteiger partial charge on any atom is -0.507 e. The van der Waals surface area contributed by atoms with Crippen molar-refractivity contribution in [1.82, 2.24) is 4.90 Å². The number of carbonyl (C=O) groups excluding carboxylic acids is 2. The van der Waals surface area contributed by atoms with Crippen LogP contribution >= 0.6 is 11.6 Å². The van der Waals surface area contributed by atoms with Crippen LogP contribution in [0.1, 0.15) is 29.2 Å². The van der Waals surface area contributed by atoms with Gasteiger partial charge in [0.1, 0.15) is 5.76 Å². The highest BCUT2D eigenvalue weighted by Gasteiger charge is 2.45. The van der Waals surface area contributed by atoms with Gasteiger partial charge in [-0.3, -0.25) is 9.59 Å². The zero-order chi connectivity index (χ0) is 20.3. The Morgan fingerprint density at radius 3 is 2.36 bits per heavy atom. The van der Waals surface area contributed by atoms with Crippen molar-refractivity contribution in [2.75, 3.05) is 20.3 Å². The molecule has 28 heavy (non-hydrogen) atoms. The van der Waals surface area contributed by atoms with Crippen molar-refractivity contribution >= 4 is 29.1 Å². The van der Waals surface area contributed by atoms with Crippen LogP contribution in [0, 0.1) is 6.92 Å². The van der Waals surface area contributed by atoms with Gasteiger partial charge in [0, 0.05) is 30.8 Å². The van der Waals surface area contributed by atoms with E-state index in [9.17, 15) is 14.7 Å². The van der Waals surface area contributed by atoms with Gasteiger partial charge >= 0.3 is 0 Å². The second-order valence-corrected chi connectivity index (χ2v) is 7.19. The number of aliphatic hydroxyl groups is 1. The van der Waals surface area contributed by atoms with Gasteiger partial charge < -0.3 is 14.7 Å². The van der Waals surface area contributed by atoms with Gasteiger partial charge in [0.25, 0.3) is 11.7 Å². The quantitative estimate of drug-likeness (QED) is 0.343. The molecule has 0 saturated carbocycles. The second kappa shape index (κ2) is 8.59. The molecule has 0 bridgehead atoms. The largest absolute Gasteiger partial charge is 0.507 e. The molecule has 1 heterocycles. The molecular formula is C22H22ClNO4. The summed E-state index contributed by atoms with van der Waals surface area (Å²) in [5.74, 6) is -1.48. The first kappa shape index (κ1) is 20.1. The Labute approximate surface area is 169 Å². The molecule has 1 unspecified atom stereocenters. The first-order valence-corrected chi connectivity index (χ1v) is 9.41. The predicted molar refractivity (Wildman–Crippen MR) is 108 cm³/mol. The minimum atomic E-state index is -0.685. The van der Waals surface area contributed by atoms with E-state index < -0.39 is 17.7 Å². The van der Waals surface area contributed by atoms with Gasteiger partial charge in [0.15, 0.2) is 0 Å². The number of likely N-dealkylation sites (tertiary alicyclic amines) is 1. The average Bonchev–Trinajstić information content (AvgIpc) is 2.94. The zero-order valence-electron chi connectivity index (χ0n) is 15.8.